The normalized spacial score (nSPS) is 10.4. The van der Waals surface area contributed by atoms with E-state index >= 15 is 0 Å². The molecule has 1 aromatic carbocycles. The molecule has 100 valence electrons. The molecule has 0 aliphatic heterocycles. The number of aromatic nitrogens is 2. The van der Waals surface area contributed by atoms with Crippen LogP contribution < -0.4 is 10.6 Å². The van der Waals surface area contributed by atoms with Gasteiger partial charge < -0.3 is 10.6 Å². The standard InChI is InChI=1S/C14H18N4O/c1-15-10-14(19)16-8-7-12-9-17-18(11-12)13-5-3-2-4-6-13/h2-6,9,11,15H,7-8,10H2,1H3,(H,16,19). The van der Waals surface area contributed by atoms with Crippen molar-refractivity contribution in [2.75, 3.05) is 20.1 Å². The molecule has 0 bridgehead atoms. The summed E-state index contributed by atoms with van der Waals surface area (Å²) in [5.41, 5.74) is 2.14. The maximum Gasteiger partial charge on any atom is 0.233 e. The van der Waals surface area contributed by atoms with Gasteiger partial charge in [0.2, 0.25) is 5.91 Å². The Morgan fingerprint density at radius 3 is 2.84 bits per heavy atom. The smallest absolute Gasteiger partial charge is 0.233 e. The van der Waals surface area contributed by atoms with Gasteiger partial charge in [0, 0.05) is 12.7 Å². The van der Waals surface area contributed by atoms with Crippen LogP contribution in [0, 0.1) is 0 Å². The first kappa shape index (κ1) is 13.3. The maximum atomic E-state index is 11.3. The molecule has 0 saturated heterocycles. The van der Waals surface area contributed by atoms with E-state index in [1.165, 1.54) is 0 Å². The summed E-state index contributed by atoms with van der Waals surface area (Å²) in [7, 11) is 1.75. The molecule has 0 aliphatic rings. The topological polar surface area (TPSA) is 59.0 Å². The van der Waals surface area contributed by atoms with Gasteiger partial charge in [-0.2, -0.15) is 5.10 Å². The summed E-state index contributed by atoms with van der Waals surface area (Å²) in [6.07, 6.45) is 4.60. The van der Waals surface area contributed by atoms with E-state index in [9.17, 15) is 4.79 Å². The molecule has 0 spiro atoms. The number of para-hydroxylation sites is 1. The Balaban J connectivity index is 1.86. The van der Waals surface area contributed by atoms with Gasteiger partial charge in [0.05, 0.1) is 18.4 Å². The second kappa shape index (κ2) is 6.70. The van der Waals surface area contributed by atoms with Crippen LogP contribution in [0.4, 0.5) is 0 Å². The van der Waals surface area contributed by atoms with E-state index in [4.69, 9.17) is 0 Å². The molecule has 5 heteroatoms. The number of rotatable bonds is 6. The minimum absolute atomic E-state index is 0.0120. The van der Waals surface area contributed by atoms with E-state index in [2.05, 4.69) is 15.7 Å². The van der Waals surface area contributed by atoms with Crippen molar-refractivity contribution in [2.45, 2.75) is 6.42 Å². The summed E-state index contributed by atoms with van der Waals surface area (Å²) in [6.45, 7) is 0.976. The molecule has 0 unspecified atom stereocenters. The number of likely N-dealkylation sites (N-methyl/N-ethyl adjacent to an activating group) is 1. The van der Waals surface area contributed by atoms with Crippen LogP contribution in [-0.4, -0.2) is 35.8 Å². The third kappa shape index (κ3) is 3.93. The van der Waals surface area contributed by atoms with Crippen LogP contribution in [0.5, 0.6) is 0 Å². The Morgan fingerprint density at radius 2 is 2.11 bits per heavy atom. The Bertz CT molecular complexity index is 521. The zero-order chi connectivity index (χ0) is 13.5. The van der Waals surface area contributed by atoms with Crippen LogP contribution in [0.15, 0.2) is 42.7 Å². The van der Waals surface area contributed by atoms with Gasteiger partial charge in [0.15, 0.2) is 0 Å². The van der Waals surface area contributed by atoms with Crippen LogP contribution in [-0.2, 0) is 11.2 Å². The van der Waals surface area contributed by atoms with E-state index in [-0.39, 0.29) is 5.91 Å². The van der Waals surface area contributed by atoms with Gasteiger partial charge in [-0.3, -0.25) is 4.79 Å². The van der Waals surface area contributed by atoms with Crippen LogP contribution >= 0.6 is 0 Å². The van der Waals surface area contributed by atoms with Crippen LogP contribution in [0.25, 0.3) is 5.69 Å². The Labute approximate surface area is 112 Å². The Hall–Kier alpha value is -2.14. The Kier molecular flexibility index (Phi) is 4.69. The van der Waals surface area contributed by atoms with E-state index < -0.39 is 0 Å². The van der Waals surface area contributed by atoms with Crippen molar-refractivity contribution in [3.63, 3.8) is 0 Å². The summed E-state index contributed by atoms with van der Waals surface area (Å²) >= 11 is 0. The molecule has 2 rings (SSSR count). The van der Waals surface area contributed by atoms with Crippen molar-refractivity contribution in [3.05, 3.63) is 48.3 Å². The van der Waals surface area contributed by atoms with E-state index in [0.717, 1.165) is 17.7 Å². The average Bonchev–Trinajstić information content (AvgIpc) is 2.89. The van der Waals surface area contributed by atoms with Crippen molar-refractivity contribution in [1.29, 1.82) is 0 Å². The van der Waals surface area contributed by atoms with E-state index in [1.807, 2.05) is 47.4 Å². The minimum Gasteiger partial charge on any atom is -0.355 e. The molecule has 1 heterocycles. The van der Waals surface area contributed by atoms with Crippen LogP contribution in [0.1, 0.15) is 5.56 Å². The minimum atomic E-state index is 0.0120. The summed E-state index contributed by atoms with van der Waals surface area (Å²) in [6, 6.07) is 9.95. The number of benzene rings is 1. The third-order valence-electron chi connectivity index (χ3n) is 2.73. The number of carbonyl (C=O) groups is 1. The molecule has 1 amide bonds. The first-order chi connectivity index (χ1) is 9.29. The fourth-order valence-electron chi connectivity index (χ4n) is 1.78. The third-order valence-corrected chi connectivity index (χ3v) is 2.73. The molecule has 0 atom stereocenters. The SMILES string of the molecule is CNCC(=O)NCCc1cnn(-c2ccccc2)c1. The highest BCUT2D eigenvalue weighted by Crippen LogP contribution is 2.07. The highest BCUT2D eigenvalue weighted by Gasteiger charge is 2.02. The van der Waals surface area contributed by atoms with Gasteiger partial charge in [0.1, 0.15) is 0 Å². The predicted octanol–water partition coefficient (Wildman–Crippen LogP) is 0.750. The molecule has 0 aliphatic carbocycles. The van der Waals surface area contributed by atoms with Crippen molar-refractivity contribution >= 4 is 5.91 Å². The van der Waals surface area contributed by atoms with Crippen molar-refractivity contribution in [3.8, 4) is 5.69 Å². The molecule has 2 N–H and O–H groups in total. The average molecular weight is 258 g/mol. The van der Waals surface area contributed by atoms with Crippen molar-refractivity contribution in [2.24, 2.45) is 0 Å². The lowest BCUT2D eigenvalue weighted by atomic mass is 10.2. The molecule has 2 aromatic rings. The van der Waals surface area contributed by atoms with Gasteiger partial charge in [-0.05, 0) is 31.2 Å². The zero-order valence-corrected chi connectivity index (χ0v) is 11.0. The monoisotopic (exact) mass is 258 g/mol. The lowest BCUT2D eigenvalue weighted by molar-refractivity contribution is -0.120. The molecular weight excluding hydrogens is 240 g/mol. The molecular formula is C14H18N4O. The predicted molar refractivity (Wildman–Crippen MR) is 74.2 cm³/mol. The number of carbonyl (C=O) groups excluding carboxylic acids is 1. The van der Waals surface area contributed by atoms with Gasteiger partial charge in [-0.25, -0.2) is 4.68 Å². The fraction of sp³-hybridized carbons (Fsp3) is 0.286. The number of nitrogens with zero attached hydrogens (tertiary/aromatic N) is 2. The quantitative estimate of drug-likeness (QED) is 0.804. The fourth-order valence-corrected chi connectivity index (χ4v) is 1.78. The van der Waals surface area contributed by atoms with E-state index in [1.54, 1.807) is 7.05 Å². The zero-order valence-electron chi connectivity index (χ0n) is 11.0. The van der Waals surface area contributed by atoms with Crippen LogP contribution in [0.3, 0.4) is 0 Å². The van der Waals surface area contributed by atoms with Crippen molar-refractivity contribution in [1.82, 2.24) is 20.4 Å². The summed E-state index contributed by atoms with van der Waals surface area (Å²) in [5.74, 6) is 0.0120. The second-order valence-electron chi connectivity index (χ2n) is 4.26. The number of hydrogen-bond acceptors (Lipinski definition) is 3. The van der Waals surface area contributed by atoms with Crippen LogP contribution in [0.2, 0.25) is 0 Å². The molecule has 0 saturated carbocycles. The number of nitrogens with one attached hydrogen (secondary N) is 2. The molecule has 0 fully saturated rings. The lowest BCUT2D eigenvalue weighted by Crippen LogP contribution is -2.33. The first-order valence-corrected chi connectivity index (χ1v) is 6.30. The van der Waals surface area contributed by atoms with Gasteiger partial charge in [-0.15, -0.1) is 0 Å². The summed E-state index contributed by atoms with van der Waals surface area (Å²) in [5, 5.41) is 9.97. The van der Waals surface area contributed by atoms with Gasteiger partial charge in [-0.1, -0.05) is 18.2 Å². The largest absolute Gasteiger partial charge is 0.355 e. The molecule has 19 heavy (non-hydrogen) atoms. The first-order valence-electron chi connectivity index (χ1n) is 6.30. The molecule has 0 radical (unpaired) electrons. The highest BCUT2D eigenvalue weighted by molar-refractivity contribution is 5.77. The van der Waals surface area contributed by atoms with E-state index in [0.29, 0.717) is 13.1 Å². The summed E-state index contributed by atoms with van der Waals surface area (Å²) in [4.78, 5) is 11.3. The second-order valence-corrected chi connectivity index (χ2v) is 4.26. The number of hydrogen-bond donors (Lipinski definition) is 2. The highest BCUT2D eigenvalue weighted by atomic mass is 16.1. The Morgan fingerprint density at radius 1 is 1.32 bits per heavy atom. The molecule has 5 nitrogen and oxygen atoms in total. The lowest BCUT2D eigenvalue weighted by Gasteiger charge is -2.03. The number of amides is 1. The van der Waals surface area contributed by atoms with Gasteiger partial charge >= 0.3 is 0 Å². The summed E-state index contributed by atoms with van der Waals surface area (Å²) < 4.78 is 1.84. The van der Waals surface area contributed by atoms with Crippen molar-refractivity contribution < 1.29 is 4.79 Å². The van der Waals surface area contributed by atoms with Gasteiger partial charge in [0.25, 0.3) is 0 Å². The maximum absolute atomic E-state index is 11.3. The molecule has 1 aromatic heterocycles.